The Hall–Kier alpha value is -8.31. The second-order valence-corrected chi connectivity index (χ2v) is 18.1. The van der Waals surface area contributed by atoms with E-state index in [1.807, 2.05) is 18.2 Å². The molecule has 0 unspecified atom stereocenters. The molecular formula is C61H35N3S. The zero-order valence-electron chi connectivity index (χ0n) is 35.0. The minimum atomic E-state index is 0.643. The van der Waals surface area contributed by atoms with Crippen LogP contribution in [0.4, 0.5) is 0 Å². The topological polar surface area (TPSA) is 38.7 Å². The number of thiophene rings is 1. The van der Waals surface area contributed by atoms with Crippen LogP contribution in [0.3, 0.4) is 0 Å². The van der Waals surface area contributed by atoms with Crippen LogP contribution < -0.4 is 0 Å². The van der Waals surface area contributed by atoms with Crippen molar-refractivity contribution in [2.75, 3.05) is 0 Å². The minimum Gasteiger partial charge on any atom is -0.208 e. The fraction of sp³-hybridized carbons (Fsp3) is 0. The molecule has 0 spiro atoms. The molecule has 4 heteroatoms. The van der Waals surface area contributed by atoms with Gasteiger partial charge in [-0.25, -0.2) is 15.0 Å². The molecule has 0 saturated carbocycles. The summed E-state index contributed by atoms with van der Waals surface area (Å²) in [5, 5.41) is 17.9. The molecule has 0 aliphatic carbocycles. The predicted octanol–water partition coefficient (Wildman–Crippen LogP) is 16.9. The lowest BCUT2D eigenvalue weighted by molar-refractivity contribution is 1.08. The number of rotatable bonds is 5. The number of hydrogen-bond acceptors (Lipinski definition) is 4. The van der Waals surface area contributed by atoms with Crippen molar-refractivity contribution >= 4 is 96.1 Å². The van der Waals surface area contributed by atoms with Crippen molar-refractivity contribution in [1.82, 2.24) is 15.0 Å². The van der Waals surface area contributed by atoms with Crippen LogP contribution in [0.5, 0.6) is 0 Å². The largest absolute Gasteiger partial charge is 0.208 e. The van der Waals surface area contributed by atoms with E-state index in [9.17, 15) is 0 Å². The lowest BCUT2D eigenvalue weighted by atomic mass is 9.86. The fourth-order valence-electron chi connectivity index (χ4n) is 10.5. The summed E-state index contributed by atoms with van der Waals surface area (Å²) in [6.45, 7) is 0. The van der Waals surface area contributed by atoms with Crippen LogP contribution in [-0.2, 0) is 0 Å². The summed E-state index contributed by atoms with van der Waals surface area (Å²) >= 11 is 1.79. The molecule has 65 heavy (non-hydrogen) atoms. The van der Waals surface area contributed by atoms with Crippen LogP contribution in [-0.4, -0.2) is 15.0 Å². The van der Waals surface area contributed by atoms with Crippen LogP contribution in [0, 0.1) is 0 Å². The van der Waals surface area contributed by atoms with Crippen LogP contribution in [0.2, 0.25) is 0 Å². The number of benzene rings is 11. The first-order valence-electron chi connectivity index (χ1n) is 22.1. The summed E-state index contributed by atoms with van der Waals surface area (Å²) in [4.78, 5) is 15.6. The van der Waals surface area contributed by atoms with Crippen molar-refractivity contribution < 1.29 is 0 Å². The van der Waals surface area contributed by atoms with E-state index >= 15 is 0 Å². The van der Waals surface area contributed by atoms with Gasteiger partial charge in [0.25, 0.3) is 0 Å². The van der Waals surface area contributed by atoms with Gasteiger partial charge in [-0.2, -0.15) is 0 Å². The number of nitrogens with zero attached hydrogens (tertiary/aromatic N) is 3. The highest BCUT2D eigenvalue weighted by Gasteiger charge is 2.20. The van der Waals surface area contributed by atoms with Crippen LogP contribution in [0.1, 0.15) is 0 Å². The Morgan fingerprint density at radius 3 is 1.46 bits per heavy atom. The van der Waals surface area contributed by atoms with E-state index < -0.39 is 0 Å². The van der Waals surface area contributed by atoms with Crippen LogP contribution in [0.25, 0.3) is 141 Å². The van der Waals surface area contributed by atoms with E-state index in [1.165, 1.54) is 90.4 Å². The van der Waals surface area contributed by atoms with Gasteiger partial charge in [-0.3, -0.25) is 0 Å². The van der Waals surface area contributed by atoms with Gasteiger partial charge in [-0.1, -0.05) is 188 Å². The minimum absolute atomic E-state index is 0.643. The van der Waals surface area contributed by atoms with Gasteiger partial charge in [0.2, 0.25) is 0 Å². The molecule has 2 aromatic heterocycles. The van der Waals surface area contributed by atoms with Crippen molar-refractivity contribution in [1.29, 1.82) is 0 Å². The van der Waals surface area contributed by atoms with E-state index in [1.54, 1.807) is 11.3 Å². The van der Waals surface area contributed by atoms with Crippen molar-refractivity contribution in [2.24, 2.45) is 0 Å². The maximum Gasteiger partial charge on any atom is 0.165 e. The zero-order chi connectivity index (χ0) is 42.6. The van der Waals surface area contributed by atoms with Crippen molar-refractivity contribution in [2.45, 2.75) is 0 Å². The standard InChI is InChI=1S/C61H35N3S/c1-2-12-41(13-3-1)59-62-60(64-61(63-59)51-24-11-23-49-45-18-6-7-25-53(45)65-58(49)51)50-19-5-4-17-44(50)37-28-26-36(27-29-37)43-34-42-33-32-40-15-9-21-47-46-20-8-14-38-30-31-39-16-10-22-48(56(39)54(38)46)52(35-43)57(42)55(40)47/h1-35H. The SMILES string of the molecule is c1ccc(-c2nc(-c3ccccc3-c3ccc(-c4cc5ccc6cccc7c8cccc9ccc%10cccc(c(c4)c5c67)c%10c98)cc3)nc(-c3cccc4c3sc3ccccc34)n2)cc1. The second-order valence-electron chi connectivity index (χ2n) is 17.0. The smallest absolute Gasteiger partial charge is 0.165 e. The summed E-state index contributed by atoms with van der Waals surface area (Å²) in [6, 6.07) is 77.1. The molecule has 14 aromatic rings. The van der Waals surface area contributed by atoms with Crippen LogP contribution >= 0.6 is 11.3 Å². The van der Waals surface area contributed by atoms with Gasteiger partial charge in [0.05, 0.1) is 0 Å². The Morgan fingerprint density at radius 2 is 0.754 bits per heavy atom. The molecular weight excluding hydrogens is 807 g/mol. The third-order valence-corrected chi connectivity index (χ3v) is 14.7. The van der Waals surface area contributed by atoms with Gasteiger partial charge in [-0.05, 0) is 111 Å². The van der Waals surface area contributed by atoms with Gasteiger partial charge in [0, 0.05) is 36.9 Å². The lowest BCUT2D eigenvalue weighted by Crippen LogP contribution is -2.01. The molecule has 0 amide bonds. The van der Waals surface area contributed by atoms with Crippen molar-refractivity contribution in [3.8, 4) is 56.4 Å². The van der Waals surface area contributed by atoms with E-state index in [0.717, 1.165) is 33.4 Å². The first-order valence-corrected chi connectivity index (χ1v) is 22.9. The summed E-state index contributed by atoms with van der Waals surface area (Å²) < 4.78 is 2.42. The van der Waals surface area contributed by atoms with Crippen molar-refractivity contribution in [3.63, 3.8) is 0 Å². The van der Waals surface area contributed by atoms with Crippen LogP contribution in [0.15, 0.2) is 212 Å². The Labute approximate surface area is 377 Å². The van der Waals surface area contributed by atoms with E-state index in [-0.39, 0.29) is 0 Å². The molecule has 12 aromatic carbocycles. The van der Waals surface area contributed by atoms with Gasteiger partial charge in [-0.15, -0.1) is 11.3 Å². The van der Waals surface area contributed by atoms with Gasteiger partial charge >= 0.3 is 0 Å². The molecule has 0 aliphatic rings. The van der Waals surface area contributed by atoms with Gasteiger partial charge in [0.1, 0.15) is 0 Å². The first-order chi connectivity index (χ1) is 32.2. The highest BCUT2D eigenvalue weighted by atomic mass is 32.1. The second kappa shape index (κ2) is 14.1. The summed E-state index contributed by atoms with van der Waals surface area (Å²) in [5.74, 6) is 1.96. The summed E-state index contributed by atoms with van der Waals surface area (Å²) in [7, 11) is 0. The molecule has 0 bridgehead atoms. The lowest BCUT2D eigenvalue weighted by Gasteiger charge is -2.17. The Morgan fingerprint density at radius 1 is 0.262 bits per heavy atom. The zero-order valence-corrected chi connectivity index (χ0v) is 35.8. The predicted molar refractivity (Wildman–Crippen MR) is 276 cm³/mol. The molecule has 0 radical (unpaired) electrons. The molecule has 0 N–H and O–H groups in total. The first kappa shape index (κ1) is 36.2. The molecule has 3 nitrogen and oxygen atoms in total. The average molecular weight is 842 g/mol. The number of hydrogen-bond donors (Lipinski definition) is 0. The maximum atomic E-state index is 5.29. The third-order valence-electron chi connectivity index (χ3n) is 13.4. The third kappa shape index (κ3) is 5.58. The number of fused-ring (bicyclic) bond motifs is 5. The maximum absolute atomic E-state index is 5.29. The number of aromatic nitrogens is 3. The van der Waals surface area contributed by atoms with E-state index in [2.05, 4.69) is 194 Å². The molecule has 300 valence electrons. The van der Waals surface area contributed by atoms with E-state index in [4.69, 9.17) is 15.0 Å². The monoisotopic (exact) mass is 841 g/mol. The summed E-state index contributed by atoms with van der Waals surface area (Å²) in [5.41, 5.74) is 7.42. The van der Waals surface area contributed by atoms with E-state index in [0.29, 0.717) is 17.5 Å². The van der Waals surface area contributed by atoms with Gasteiger partial charge < -0.3 is 0 Å². The molecule has 0 aliphatic heterocycles. The Kier molecular flexibility index (Phi) is 7.85. The van der Waals surface area contributed by atoms with Crippen molar-refractivity contribution in [3.05, 3.63) is 212 Å². The Balaban J connectivity index is 0.939. The molecule has 14 rings (SSSR count). The Bertz CT molecular complexity index is 4220. The fourth-order valence-corrected chi connectivity index (χ4v) is 11.7. The molecule has 0 fully saturated rings. The van der Waals surface area contributed by atoms with Gasteiger partial charge in [0.15, 0.2) is 17.5 Å². The summed E-state index contributed by atoms with van der Waals surface area (Å²) in [6.07, 6.45) is 0. The quantitative estimate of drug-likeness (QED) is 0.162. The molecule has 2 heterocycles. The normalized spacial score (nSPS) is 12.0. The molecule has 0 saturated heterocycles. The highest BCUT2D eigenvalue weighted by molar-refractivity contribution is 7.26. The average Bonchev–Trinajstić information content (AvgIpc) is 3.76. The molecule has 0 atom stereocenters. The highest BCUT2D eigenvalue weighted by Crippen LogP contribution is 2.45.